The molecule has 53 heavy (non-hydrogen) atoms. The van der Waals surface area contributed by atoms with Crippen LogP contribution in [-0.2, 0) is 47.4 Å². The molecule has 0 aromatic carbocycles. The van der Waals surface area contributed by atoms with Crippen LogP contribution in [0.2, 0.25) is 0 Å². The lowest BCUT2D eigenvalue weighted by Gasteiger charge is -2.47. The molecule has 0 aromatic heterocycles. The van der Waals surface area contributed by atoms with E-state index < -0.39 is 24.1 Å². The Bertz CT molecular complexity index is 1340. The standard InChI is InChI=1S/C41H62O12/c1-21-12-26-6-8-30-22(2)13-28(47-30)10-11-41-19-37(45-4)40(53-41)35-18-36(52-41)39-31(50-35)9-7-27(49-39)14-24(43)15-29-33(17-32(48-26)23(21)3)51-34(38(29)46-5)16-25(44)20-42/h21,25-40,42,44H,2-3,6-20H2,1,4-5H3/t21-,25+,26+,27-,28?,29+,30+,31+,32-,33+,34-,35-,36-,37-,38-,39+,40?,41-/m1/s1. The summed E-state index contributed by atoms with van der Waals surface area (Å²) < 4.78 is 59.3. The first-order valence-corrected chi connectivity index (χ1v) is 20.4. The van der Waals surface area contributed by atoms with Crippen molar-refractivity contribution < 1.29 is 57.6 Å². The third kappa shape index (κ3) is 7.86. The second kappa shape index (κ2) is 15.9. The van der Waals surface area contributed by atoms with Crippen molar-refractivity contribution in [2.45, 2.75) is 194 Å². The second-order valence-electron chi connectivity index (χ2n) is 17.4. The third-order valence-electron chi connectivity index (χ3n) is 13.8. The number of carbonyl (C=O) groups excluding carboxylic acids is 1. The summed E-state index contributed by atoms with van der Waals surface area (Å²) in [4.78, 5) is 14.0. The van der Waals surface area contributed by atoms with E-state index in [2.05, 4.69) is 20.1 Å². The number of Topliss-reactive ketones (excluding diaryl/α,β-unsaturated/α-hetero) is 1. The number of ether oxygens (including phenoxy) is 9. The van der Waals surface area contributed by atoms with Gasteiger partial charge in [0.25, 0.3) is 0 Å². The topological polar surface area (TPSA) is 141 Å². The molecule has 0 aliphatic carbocycles. The zero-order valence-corrected chi connectivity index (χ0v) is 31.8. The molecular weight excluding hydrogens is 684 g/mol. The summed E-state index contributed by atoms with van der Waals surface area (Å²) in [6.07, 6.45) is 4.96. The van der Waals surface area contributed by atoms with Crippen molar-refractivity contribution in [2.24, 2.45) is 11.8 Å². The first-order valence-electron chi connectivity index (χ1n) is 20.4. The highest BCUT2D eigenvalue weighted by molar-refractivity contribution is 5.79. The van der Waals surface area contributed by atoms with E-state index in [-0.39, 0.29) is 117 Å². The van der Waals surface area contributed by atoms with Crippen LogP contribution in [0.1, 0.15) is 96.8 Å². The average Bonchev–Trinajstić information content (AvgIpc) is 3.77. The molecule has 18 atom stereocenters. The summed E-state index contributed by atoms with van der Waals surface area (Å²) in [5.41, 5.74) is 2.16. The average molecular weight is 747 g/mol. The smallest absolute Gasteiger partial charge is 0.172 e. The molecule has 0 aromatic rings. The van der Waals surface area contributed by atoms with Gasteiger partial charge in [-0.25, -0.2) is 0 Å². The Morgan fingerprint density at radius 3 is 2.38 bits per heavy atom. The van der Waals surface area contributed by atoms with Crippen molar-refractivity contribution in [3.05, 3.63) is 24.3 Å². The molecule has 12 nitrogen and oxygen atoms in total. The molecule has 8 aliphatic heterocycles. The summed E-state index contributed by atoms with van der Waals surface area (Å²) in [5.74, 6) is -0.743. The molecule has 298 valence electrons. The largest absolute Gasteiger partial charge is 0.394 e. The Hall–Kier alpha value is -1.29. The van der Waals surface area contributed by atoms with E-state index >= 15 is 0 Å². The quantitative estimate of drug-likeness (QED) is 0.392. The lowest BCUT2D eigenvalue weighted by molar-refractivity contribution is -0.277. The molecule has 12 heteroatoms. The van der Waals surface area contributed by atoms with E-state index in [1.807, 2.05) is 0 Å². The predicted molar refractivity (Wildman–Crippen MR) is 191 cm³/mol. The van der Waals surface area contributed by atoms with Crippen molar-refractivity contribution in [3.8, 4) is 0 Å². The maximum atomic E-state index is 14.0. The van der Waals surface area contributed by atoms with Gasteiger partial charge >= 0.3 is 0 Å². The lowest BCUT2D eigenvalue weighted by atomic mass is 9.81. The van der Waals surface area contributed by atoms with Gasteiger partial charge in [0, 0.05) is 65.1 Å². The number of aliphatic hydroxyl groups excluding tert-OH is 2. The number of hydrogen-bond acceptors (Lipinski definition) is 12. The first kappa shape index (κ1) is 38.6. The van der Waals surface area contributed by atoms with Crippen LogP contribution in [0.15, 0.2) is 24.3 Å². The predicted octanol–water partition coefficient (Wildman–Crippen LogP) is 4.11. The molecule has 8 rings (SSSR count). The minimum Gasteiger partial charge on any atom is -0.394 e. The van der Waals surface area contributed by atoms with Crippen LogP contribution in [0.5, 0.6) is 0 Å². The third-order valence-corrected chi connectivity index (χ3v) is 13.8. The molecule has 0 radical (unpaired) electrons. The number of rotatable bonds is 5. The molecule has 1 spiro atoms. The molecule has 2 N–H and O–H groups in total. The van der Waals surface area contributed by atoms with Crippen LogP contribution in [0, 0.1) is 11.8 Å². The summed E-state index contributed by atoms with van der Waals surface area (Å²) in [6, 6.07) is 0. The first-order chi connectivity index (χ1) is 25.5. The van der Waals surface area contributed by atoms with E-state index in [9.17, 15) is 15.0 Å². The van der Waals surface area contributed by atoms with E-state index in [0.717, 1.165) is 49.7 Å². The van der Waals surface area contributed by atoms with Gasteiger partial charge in [-0.1, -0.05) is 20.1 Å². The Labute approximate surface area is 314 Å². The number of aliphatic hydroxyl groups is 2. The van der Waals surface area contributed by atoms with Crippen LogP contribution in [0.25, 0.3) is 0 Å². The van der Waals surface area contributed by atoms with E-state index in [0.29, 0.717) is 32.1 Å². The second-order valence-corrected chi connectivity index (χ2v) is 17.4. The van der Waals surface area contributed by atoms with Gasteiger partial charge in [-0.15, -0.1) is 0 Å². The Balaban J connectivity index is 1.06. The monoisotopic (exact) mass is 746 g/mol. The van der Waals surface area contributed by atoms with Gasteiger partial charge in [0.1, 0.15) is 18.0 Å². The van der Waals surface area contributed by atoms with Gasteiger partial charge in [-0.2, -0.15) is 0 Å². The molecule has 8 fully saturated rings. The highest BCUT2D eigenvalue weighted by atomic mass is 16.7. The summed E-state index contributed by atoms with van der Waals surface area (Å²) in [6.45, 7) is 10.7. The number of ketones is 1. The summed E-state index contributed by atoms with van der Waals surface area (Å²) >= 11 is 0. The zero-order chi connectivity index (χ0) is 37.0. The molecule has 2 unspecified atom stereocenters. The van der Waals surface area contributed by atoms with E-state index in [4.69, 9.17) is 42.6 Å². The van der Waals surface area contributed by atoms with Crippen LogP contribution in [0.4, 0.5) is 0 Å². The zero-order valence-electron chi connectivity index (χ0n) is 31.8. The molecule has 0 saturated carbocycles. The van der Waals surface area contributed by atoms with Gasteiger partial charge in [0.2, 0.25) is 0 Å². The summed E-state index contributed by atoms with van der Waals surface area (Å²) in [7, 11) is 3.37. The maximum absolute atomic E-state index is 14.0. The molecule has 8 aliphatic rings. The highest BCUT2D eigenvalue weighted by Gasteiger charge is 2.60. The minimum absolute atomic E-state index is 0.0235. The van der Waals surface area contributed by atoms with Crippen molar-refractivity contribution in [1.82, 2.24) is 0 Å². The van der Waals surface area contributed by atoms with E-state index in [1.54, 1.807) is 14.2 Å². The van der Waals surface area contributed by atoms with Crippen LogP contribution in [0.3, 0.4) is 0 Å². The summed E-state index contributed by atoms with van der Waals surface area (Å²) in [5, 5.41) is 20.1. The van der Waals surface area contributed by atoms with Crippen LogP contribution < -0.4 is 0 Å². The molecule has 8 saturated heterocycles. The lowest BCUT2D eigenvalue weighted by Crippen LogP contribution is -2.58. The normalized spacial score (nSPS) is 49.6. The van der Waals surface area contributed by atoms with Crippen LogP contribution >= 0.6 is 0 Å². The SMILES string of the molecule is C=C1CC2CC[C@]34C[C@@H](OC)C(O3)[C@H]3C[C@@H](O4)[C@H]4O[C@H](CC[C@@H]4O3)CC(=O)C[C@@H]3[C@@H](OC)[C@@H](C[C@H](O)CO)O[C@H]3C[C@H]3O[C@@H](CC[C@@H]1O2)C[C@@H](C)C3=C. The van der Waals surface area contributed by atoms with Gasteiger partial charge in [-0.05, 0) is 62.0 Å². The number of fused-ring (bicyclic) bond motifs is 9. The number of hydrogen-bond donors (Lipinski definition) is 2. The fraction of sp³-hybridized carbons (Fsp3) is 0.878. The van der Waals surface area contributed by atoms with Gasteiger partial charge in [0.05, 0.1) is 86.0 Å². The Morgan fingerprint density at radius 2 is 1.58 bits per heavy atom. The molecular formula is C41H62O12. The number of carbonyl (C=O) groups is 1. The minimum atomic E-state index is -0.950. The fourth-order valence-electron chi connectivity index (χ4n) is 11.0. The molecule has 0 amide bonds. The Kier molecular flexibility index (Phi) is 11.6. The van der Waals surface area contributed by atoms with Gasteiger partial charge in [0.15, 0.2) is 5.79 Å². The van der Waals surface area contributed by atoms with Crippen molar-refractivity contribution in [1.29, 1.82) is 0 Å². The molecule has 10 bridgehead atoms. The van der Waals surface area contributed by atoms with E-state index in [1.165, 1.54) is 0 Å². The molecule has 8 heterocycles. The Morgan fingerprint density at radius 1 is 0.792 bits per heavy atom. The van der Waals surface area contributed by atoms with Crippen molar-refractivity contribution >= 4 is 5.78 Å². The fourth-order valence-corrected chi connectivity index (χ4v) is 11.0. The van der Waals surface area contributed by atoms with Crippen LogP contribution in [-0.4, -0.2) is 134 Å². The maximum Gasteiger partial charge on any atom is 0.172 e. The number of methoxy groups -OCH3 is 2. The van der Waals surface area contributed by atoms with Gasteiger partial charge in [-0.3, -0.25) is 4.79 Å². The van der Waals surface area contributed by atoms with Gasteiger partial charge < -0.3 is 52.8 Å². The van der Waals surface area contributed by atoms with Crippen molar-refractivity contribution in [2.75, 3.05) is 20.8 Å². The van der Waals surface area contributed by atoms with Crippen molar-refractivity contribution in [3.63, 3.8) is 0 Å². The highest BCUT2D eigenvalue weighted by Crippen LogP contribution is 2.50.